The molecule has 1 aromatic carbocycles. The number of amides is 1. The maximum absolute atomic E-state index is 13.8. The molecular formula is C14H18BrClF2N2O. The third kappa shape index (κ3) is 4.37. The minimum Gasteiger partial charge on any atom is -0.338 e. The summed E-state index contributed by atoms with van der Waals surface area (Å²) in [6, 6.07) is 2.23. The topological polar surface area (TPSA) is 32.3 Å². The van der Waals surface area contributed by atoms with Crippen molar-refractivity contribution >= 4 is 34.2 Å². The molecule has 1 saturated heterocycles. The lowest BCUT2D eigenvalue weighted by atomic mass is 9.97. The number of hydrogen-bond acceptors (Lipinski definition) is 2. The summed E-state index contributed by atoms with van der Waals surface area (Å²) in [6.07, 6.45) is 1.88. The van der Waals surface area contributed by atoms with E-state index in [1.54, 1.807) is 4.90 Å². The molecule has 1 atom stereocenters. The fraction of sp³-hybridized carbons (Fsp3) is 0.500. The molecule has 0 radical (unpaired) electrons. The monoisotopic (exact) mass is 382 g/mol. The van der Waals surface area contributed by atoms with Crippen LogP contribution in [0.25, 0.3) is 0 Å². The van der Waals surface area contributed by atoms with Crippen molar-refractivity contribution in [3.8, 4) is 0 Å². The second-order valence-electron chi connectivity index (χ2n) is 5.06. The Morgan fingerprint density at radius 3 is 2.62 bits per heavy atom. The van der Waals surface area contributed by atoms with Crippen LogP contribution in [-0.2, 0) is 0 Å². The lowest BCUT2D eigenvalue weighted by Crippen LogP contribution is -2.43. The highest BCUT2D eigenvalue weighted by Crippen LogP contribution is 2.23. The second kappa shape index (κ2) is 8.06. The highest BCUT2D eigenvalue weighted by Gasteiger charge is 2.28. The zero-order valence-electron chi connectivity index (χ0n) is 11.7. The molecule has 1 aliphatic rings. The van der Waals surface area contributed by atoms with Crippen LogP contribution in [0.2, 0.25) is 0 Å². The number of carbonyl (C=O) groups is 1. The van der Waals surface area contributed by atoms with Crippen molar-refractivity contribution in [2.24, 2.45) is 5.92 Å². The van der Waals surface area contributed by atoms with Gasteiger partial charge in [0, 0.05) is 17.6 Å². The molecule has 1 heterocycles. The summed E-state index contributed by atoms with van der Waals surface area (Å²) in [5.74, 6) is -1.87. The Labute approximate surface area is 137 Å². The van der Waals surface area contributed by atoms with Gasteiger partial charge in [-0.25, -0.2) is 8.78 Å². The van der Waals surface area contributed by atoms with E-state index < -0.39 is 23.1 Å². The summed E-state index contributed by atoms with van der Waals surface area (Å²) in [5.41, 5.74) is -0.460. The molecule has 21 heavy (non-hydrogen) atoms. The molecule has 2 rings (SSSR count). The van der Waals surface area contributed by atoms with E-state index in [0.717, 1.165) is 31.5 Å². The number of piperidine rings is 1. The van der Waals surface area contributed by atoms with Gasteiger partial charge in [-0.1, -0.05) is 15.9 Å². The summed E-state index contributed by atoms with van der Waals surface area (Å²) in [6.45, 7) is 1.89. The molecule has 1 aromatic rings. The Bertz CT molecular complexity index is 491. The van der Waals surface area contributed by atoms with Crippen LogP contribution >= 0.6 is 28.3 Å². The molecule has 0 spiro atoms. The second-order valence-corrected chi connectivity index (χ2v) is 5.98. The highest BCUT2D eigenvalue weighted by molar-refractivity contribution is 9.10. The zero-order chi connectivity index (χ0) is 14.7. The Morgan fingerprint density at radius 1 is 1.43 bits per heavy atom. The van der Waals surface area contributed by atoms with Gasteiger partial charge in [-0.2, -0.15) is 0 Å². The normalized spacial score (nSPS) is 18.3. The number of nitrogens with one attached hydrogen (secondary N) is 1. The van der Waals surface area contributed by atoms with Crippen LogP contribution in [0.15, 0.2) is 16.6 Å². The molecule has 0 bridgehead atoms. The quantitative estimate of drug-likeness (QED) is 0.869. The van der Waals surface area contributed by atoms with E-state index in [4.69, 9.17) is 0 Å². The number of rotatable bonds is 3. The van der Waals surface area contributed by atoms with Gasteiger partial charge in [0.1, 0.15) is 17.2 Å². The molecule has 0 saturated carbocycles. The number of benzene rings is 1. The SMILES string of the molecule is CNCC1CCCN(C(=O)c2c(F)cc(Br)cc2F)C1.Cl. The molecule has 0 aromatic heterocycles. The third-order valence-electron chi connectivity index (χ3n) is 3.52. The number of nitrogens with zero attached hydrogens (tertiary/aromatic N) is 1. The van der Waals surface area contributed by atoms with Crippen LogP contribution in [0.5, 0.6) is 0 Å². The van der Waals surface area contributed by atoms with Crippen molar-refractivity contribution in [2.45, 2.75) is 12.8 Å². The van der Waals surface area contributed by atoms with Gasteiger partial charge >= 0.3 is 0 Å². The fourth-order valence-corrected chi connectivity index (χ4v) is 3.01. The average Bonchev–Trinajstić information content (AvgIpc) is 2.38. The van der Waals surface area contributed by atoms with Gasteiger partial charge in [0.2, 0.25) is 0 Å². The Morgan fingerprint density at radius 2 is 2.05 bits per heavy atom. The molecule has 0 aliphatic carbocycles. The van der Waals surface area contributed by atoms with E-state index in [2.05, 4.69) is 21.2 Å². The highest BCUT2D eigenvalue weighted by atomic mass is 79.9. The Balaban J connectivity index is 0.00000220. The van der Waals surface area contributed by atoms with Gasteiger partial charge < -0.3 is 10.2 Å². The summed E-state index contributed by atoms with van der Waals surface area (Å²) >= 11 is 3.01. The minimum atomic E-state index is -0.822. The smallest absolute Gasteiger partial charge is 0.259 e. The standard InChI is InChI=1S/C14H17BrF2N2O.ClH/c1-18-7-9-3-2-4-19(8-9)14(20)13-11(16)5-10(15)6-12(13)17;/h5-6,9,18H,2-4,7-8H2,1H3;1H. The fourth-order valence-electron chi connectivity index (χ4n) is 2.61. The van der Waals surface area contributed by atoms with Gasteiger partial charge in [-0.15, -0.1) is 12.4 Å². The first-order valence-electron chi connectivity index (χ1n) is 6.61. The average molecular weight is 384 g/mol. The summed E-state index contributed by atoms with van der Waals surface area (Å²) in [7, 11) is 1.86. The van der Waals surface area contributed by atoms with Crippen molar-refractivity contribution in [3.63, 3.8) is 0 Å². The Hall–Kier alpha value is -0.720. The van der Waals surface area contributed by atoms with E-state index in [1.165, 1.54) is 0 Å². The number of halogens is 4. The van der Waals surface area contributed by atoms with Gasteiger partial charge in [0.15, 0.2) is 0 Å². The Kier molecular flexibility index (Phi) is 7.03. The van der Waals surface area contributed by atoms with Crippen LogP contribution in [0.1, 0.15) is 23.2 Å². The maximum Gasteiger partial charge on any atom is 0.259 e. The first kappa shape index (κ1) is 18.3. The van der Waals surface area contributed by atoms with Crippen LogP contribution in [0.4, 0.5) is 8.78 Å². The van der Waals surface area contributed by atoms with Crippen molar-refractivity contribution in [3.05, 3.63) is 33.8 Å². The van der Waals surface area contributed by atoms with Gasteiger partial charge in [-0.3, -0.25) is 4.79 Å². The lowest BCUT2D eigenvalue weighted by Gasteiger charge is -2.33. The van der Waals surface area contributed by atoms with E-state index in [0.29, 0.717) is 19.0 Å². The van der Waals surface area contributed by atoms with Crippen molar-refractivity contribution in [1.29, 1.82) is 0 Å². The van der Waals surface area contributed by atoms with Crippen LogP contribution in [0, 0.1) is 17.6 Å². The molecular weight excluding hydrogens is 366 g/mol. The van der Waals surface area contributed by atoms with E-state index >= 15 is 0 Å². The number of likely N-dealkylation sites (tertiary alicyclic amines) is 1. The largest absolute Gasteiger partial charge is 0.338 e. The van der Waals surface area contributed by atoms with Gasteiger partial charge in [-0.05, 0) is 44.5 Å². The van der Waals surface area contributed by atoms with Crippen molar-refractivity contribution < 1.29 is 13.6 Å². The predicted molar refractivity (Wildman–Crippen MR) is 83.9 cm³/mol. The first-order chi connectivity index (χ1) is 9.52. The lowest BCUT2D eigenvalue weighted by molar-refractivity contribution is 0.0664. The molecule has 1 aliphatic heterocycles. The van der Waals surface area contributed by atoms with Crippen molar-refractivity contribution in [2.75, 3.05) is 26.7 Å². The minimum absolute atomic E-state index is 0. The summed E-state index contributed by atoms with van der Waals surface area (Å²) in [5, 5.41) is 3.07. The molecule has 1 amide bonds. The zero-order valence-corrected chi connectivity index (χ0v) is 14.1. The maximum atomic E-state index is 13.8. The predicted octanol–water partition coefficient (Wildman–Crippen LogP) is 3.22. The molecule has 118 valence electrons. The first-order valence-corrected chi connectivity index (χ1v) is 7.40. The van der Waals surface area contributed by atoms with Crippen LogP contribution < -0.4 is 5.32 Å². The van der Waals surface area contributed by atoms with E-state index in [-0.39, 0.29) is 16.9 Å². The van der Waals surface area contributed by atoms with Gasteiger partial charge in [0.05, 0.1) is 0 Å². The van der Waals surface area contributed by atoms with Crippen LogP contribution in [-0.4, -0.2) is 37.5 Å². The number of carbonyl (C=O) groups excluding carboxylic acids is 1. The number of hydrogen-bond donors (Lipinski definition) is 1. The molecule has 1 unspecified atom stereocenters. The molecule has 7 heteroatoms. The molecule has 1 N–H and O–H groups in total. The molecule has 3 nitrogen and oxygen atoms in total. The van der Waals surface area contributed by atoms with Crippen molar-refractivity contribution in [1.82, 2.24) is 10.2 Å². The summed E-state index contributed by atoms with van der Waals surface area (Å²) < 4.78 is 28.0. The van der Waals surface area contributed by atoms with Crippen LogP contribution in [0.3, 0.4) is 0 Å². The third-order valence-corrected chi connectivity index (χ3v) is 3.98. The summed E-state index contributed by atoms with van der Waals surface area (Å²) in [4.78, 5) is 13.9. The van der Waals surface area contributed by atoms with E-state index in [1.807, 2.05) is 7.05 Å². The molecule has 1 fully saturated rings. The van der Waals surface area contributed by atoms with Gasteiger partial charge in [0.25, 0.3) is 5.91 Å². The van der Waals surface area contributed by atoms with E-state index in [9.17, 15) is 13.6 Å².